The minimum absolute atomic E-state index is 0.0391. The Morgan fingerprint density at radius 2 is 1.74 bits per heavy atom. The van der Waals surface area contributed by atoms with Gasteiger partial charge in [-0.15, -0.1) is 0 Å². The van der Waals surface area contributed by atoms with Gasteiger partial charge in [0.2, 0.25) is 0 Å². The van der Waals surface area contributed by atoms with Gasteiger partial charge in [0.1, 0.15) is 5.82 Å². The first kappa shape index (κ1) is 13.4. The normalized spacial score (nSPS) is 12.1. The van der Waals surface area contributed by atoms with Crippen molar-refractivity contribution in [2.75, 3.05) is 6.54 Å². The van der Waals surface area contributed by atoms with Crippen LogP contribution in [0.2, 0.25) is 0 Å². The largest absolute Gasteiger partial charge is 0.303 e. The van der Waals surface area contributed by atoms with E-state index < -0.39 is 0 Å². The van der Waals surface area contributed by atoms with Gasteiger partial charge >= 0.3 is 0 Å². The molecule has 3 heteroatoms. The fourth-order valence-corrected chi connectivity index (χ4v) is 1.84. The molecule has 1 atom stereocenters. The highest BCUT2D eigenvalue weighted by Gasteiger charge is 2.09. The van der Waals surface area contributed by atoms with Crippen LogP contribution in [0, 0.1) is 5.82 Å². The van der Waals surface area contributed by atoms with E-state index in [0.717, 1.165) is 5.56 Å². The van der Waals surface area contributed by atoms with Crippen LogP contribution in [-0.2, 0) is 0 Å². The van der Waals surface area contributed by atoms with Crippen molar-refractivity contribution in [3.05, 3.63) is 71.5 Å². The molecule has 0 spiro atoms. The van der Waals surface area contributed by atoms with Crippen LogP contribution in [0.5, 0.6) is 0 Å². The lowest BCUT2D eigenvalue weighted by molar-refractivity contribution is 0.0988. The summed E-state index contributed by atoms with van der Waals surface area (Å²) in [7, 11) is 0. The summed E-state index contributed by atoms with van der Waals surface area (Å²) >= 11 is 0. The van der Waals surface area contributed by atoms with E-state index in [1.54, 1.807) is 0 Å². The van der Waals surface area contributed by atoms with Crippen LogP contribution < -0.4 is 5.32 Å². The number of nitrogens with one attached hydrogen (secondary N) is 1. The van der Waals surface area contributed by atoms with Gasteiger partial charge in [0.25, 0.3) is 0 Å². The van der Waals surface area contributed by atoms with E-state index in [1.165, 1.54) is 24.3 Å². The predicted octanol–water partition coefficient (Wildman–Crippen LogP) is 3.36. The monoisotopic (exact) mass is 257 g/mol. The Hall–Kier alpha value is -2.00. The molecule has 0 saturated carbocycles. The second-order valence-electron chi connectivity index (χ2n) is 4.44. The van der Waals surface area contributed by atoms with Crippen LogP contribution >= 0.6 is 0 Å². The van der Waals surface area contributed by atoms with E-state index in [1.807, 2.05) is 37.3 Å². The molecule has 0 bridgehead atoms. The van der Waals surface area contributed by atoms with Crippen molar-refractivity contribution < 1.29 is 9.18 Å². The summed E-state index contributed by atoms with van der Waals surface area (Å²) in [6.07, 6.45) is 0. The quantitative estimate of drug-likeness (QED) is 0.832. The zero-order valence-corrected chi connectivity index (χ0v) is 10.8. The fourth-order valence-electron chi connectivity index (χ4n) is 1.84. The molecular formula is C16H16FNO. The van der Waals surface area contributed by atoms with E-state index in [-0.39, 0.29) is 24.2 Å². The van der Waals surface area contributed by atoms with Gasteiger partial charge < -0.3 is 5.32 Å². The van der Waals surface area contributed by atoms with Crippen LogP contribution in [0.3, 0.4) is 0 Å². The third-order valence-corrected chi connectivity index (χ3v) is 3.03. The highest BCUT2D eigenvalue weighted by molar-refractivity contribution is 5.97. The molecule has 0 aliphatic heterocycles. The maximum absolute atomic E-state index is 12.8. The average molecular weight is 257 g/mol. The summed E-state index contributed by atoms with van der Waals surface area (Å²) in [5, 5.41) is 3.17. The van der Waals surface area contributed by atoms with Crippen LogP contribution in [-0.4, -0.2) is 12.3 Å². The van der Waals surface area contributed by atoms with Crippen molar-refractivity contribution in [3.8, 4) is 0 Å². The number of carbonyl (C=O) groups excluding carboxylic acids is 1. The standard InChI is InChI=1S/C16H16FNO/c1-12(13-5-3-2-4-6-13)18-11-16(19)14-7-9-15(17)10-8-14/h2-10,12,18H,11H2,1H3. The molecule has 2 rings (SSSR count). The topological polar surface area (TPSA) is 29.1 Å². The second-order valence-corrected chi connectivity index (χ2v) is 4.44. The lowest BCUT2D eigenvalue weighted by atomic mass is 10.1. The number of hydrogen-bond acceptors (Lipinski definition) is 2. The lowest BCUT2D eigenvalue weighted by Crippen LogP contribution is -2.26. The highest BCUT2D eigenvalue weighted by Crippen LogP contribution is 2.11. The Morgan fingerprint density at radius 3 is 2.37 bits per heavy atom. The van der Waals surface area contributed by atoms with Crippen molar-refractivity contribution in [1.82, 2.24) is 5.32 Å². The summed E-state index contributed by atoms with van der Waals surface area (Å²) in [5.41, 5.74) is 1.66. The SMILES string of the molecule is CC(NCC(=O)c1ccc(F)cc1)c1ccccc1. The van der Waals surface area contributed by atoms with Gasteiger partial charge in [-0.2, -0.15) is 0 Å². The maximum Gasteiger partial charge on any atom is 0.176 e. The Balaban J connectivity index is 1.92. The number of benzene rings is 2. The van der Waals surface area contributed by atoms with E-state index in [9.17, 15) is 9.18 Å². The van der Waals surface area contributed by atoms with Crippen molar-refractivity contribution in [3.63, 3.8) is 0 Å². The summed E-state index contributed by atoms with van der Waals surface area (Å²) in [4.78, 5) is 11.9. The van der Waals surface area contributed by atoms with Gasteiger partial charge in [-0.25, -0.2) is 4.39 Å². The smallest absolute Gasteiger partial charge is 0.176 e. The lowest BCUT2D eigenvalue weighted by Gasteiger charge is -2.13. The molecule has 0 aliphatic rings. The first-order chi connectivity index (χ1) is 9.16. The molecule has 2 nitrogen and oxygen atoms in total. The number of hydrogen-bond donors (Lipinski definition) is 1. The van der Waals surface area contributed by atoms with Crippen LogP contribution in [0.1, 0.15) is 28.9 Å². The van der Waals surface area contributed by atoms with E-state index >= 15 is 0 Å². The Labute approximate surface area is 112 Å². The molecule has 0 amide bonds. The summed E-state index contributed by atoms with van der Waals surface area (Å²) in [6, 6.07) is 15.6. The molecular weight excluding hydrogens is 241 g/mol. The fraction of sp³-hybridized carbons (Fsp3) is 0.188. The molecule has 0 aromatic heterocycles. The molecule has 0 saturated heterocycles. The number of carbonyl (C=O) groups is 1. The molecule has 1 N–H and O–H groups in total. The molecule has 2 aromatic carbocycles. The van der Waals surface area contributed by atoms with E-state index in [4.69, 9.17) is 0 Å². The molecule has 19 heavy (non-hydrogen) atoms. The van der Waals surface area contributed by atoms with Crippen LogP contribution in [0.15, 0.2) is 54.6 Å². The van der Waals surface area contributed by atoms with Gasteiger partial charge in [-0.05, 0) is 36.8 Å². The zero-order chi connectivity index (χ0) is 13.7. The molecule has 0 aliphatic carbocycles. The first-order valence-corrected chi connectivity index (χ1v) is 6.24. The number of halogens is 1. The second kappa shape index (κ2) is 6.25. The van der Waals surface area contributed by atoms with Gasteiger partial charge in [0.05, 0.1) is 6.54 Å². The van der Waals surface area contributed by atoms with Gasteiger partial charge in [-0.1, -0.05) is 30.3 Å². The van der Waals surface area contributed by atoms with Gasteiger partial charge in [0, 0.05) is 11.6 Å². The first-order valence-electron chi connectivity index (χ1n) is 6.24. The predicted molar refractivity (Wildman–Crippen MR) is 73.6 cm³/mol. The van der Waals surface area contributed by atoms with E-state index in [0.29, 0.717) is 5.56 Å². The minimum Gasteiger partial charge on any atom is -0.303 e. The van der Waals surface area contributed by atoms with Gasteiger partial charge in [0.15, 0.2) is 5.78 Å². The Bertz CT molecular complexity index is 536. The maximum atomic E-state index is 12.8. The minimum atomic E-state index is -0.331. The average Bonchev–Trinajstić information content (AvgIpc) is 2.46. The van der Waals surface area contributed by atoms with Crippen molar-refractivity contribution in [1.29, 1.82) is 0 Å². The summed E-state index contributed by atoms with van der Waals surface area (Å²) < 4.78 is 12.8. The summed E-state index contributed by atoms with van der Waals surface area (Å²) in [6.45, 7) is 2.25. The number of ketones is 1. The Kier molecular flexibility index (Phi) is 4.42. The molecule has 0 heterocycles. The molecule has 98 valence electrons. The van der Waals surface area contributed by atoms with E-state index in [2.05, 4.69) is 5.32 Å². The van der Waals surface area contributed by atoms with Crippen molar-refractivity contribution in [2.45, 2.75) is 13.0 Å². The number of Topliss-reactive ketones (excluding diaryl/α,β-unsaturated/α-hetero) is 1. The van der Waals surface area contributed by atoms with Crippen LogP contribution in [0.25, 0.3) is 0 Å². The van der Waals surface area contributed by atoms with Gasteiger partial charge in [-0.3, -0.25) is 4.79 Å². The third kappa shape index (κ3) is 3.73. The molecule has 0 radical (unpaired) electrons. The third-order valence-electron chi connectivity index (χ3n) is 3.03. The zero-order valence-electron chi connectivity index (χ0n) is 10.8. The molecule has 2 aromatic rings. The molecule has 0 fully saturated rings. The molecule has 1 unspecified atom stereocenters. The van der Waals surface area contributed by atoms with Crippen molar-refractivity contribution >= 4 is 5.78 Å². The number of rotatable bonds is 5. The van der Waals surface area contributed by atoms with Crippen LogP contribution in [0.4, 0.5) is 4.39 Å². The van der Waals surface area contributed by atoms with Crippen molar-refractivity contribution in [2.24, 2.45) is 0 Å². The highest BCUT2D eigenvalue weighted by atomic mass is 19.1. The Morgan fingerprint density at radius 1 is 1.11 bits per heavy atom. The summed E-state index contributed by atoms with van der Waals surface area (Å²) in [5.74, 6) is -0.370.